The lowest BCUT2D eigenvalue weighted by Gasteiger charge is -2.30. The predicted molar refractivity (Wildman–Crippen MR) is 193 cm³/mol. The summed E-state index contributed by atoms with van der Waals surface area (Å²) in [6.07, 6.45) is -6.25. The van der Waals surface area contributed by atoms with Gasteiger partial charge in [-0.25, -0.2) is 33.4 Å². The van der Waals surface area contributed by atoms with E-state index in [1.165, 1.54) is 20.8 Å². The molecule has 0 spiro atoms. The van der Waals surface area contributed by atoms with E-state index in [0.717, 1.165) is 35.1 Å². The Kier molecular flexibility index (Phi) is 17.0. The molecule has 57 heavy (non-hydrogen) atoms. The van der Waals surface area contributed by atoms with E-state index >= 15 is 0 Å². The Morgan fingerprint density at radius 2 is 1.74 bits per heavy atom. The van der Waals surface area contributed by atoms with Gasteiger partial charge in [0.2, 0.25) is 11.8 Å². The first kappa shape index (κ1) is 48.1. The summed E-state index contributed by atoms with van der Waals surface area (Å²) in [7, 11) is -16.4. The number of aliphatic carboxylic acids is 1. The molecule has 0 aliphatic carbocycles. The maximum Gasteiger partial charge on any atom is 0.481 e. The Hall–Kier alpha value is -3.23. The summed E-state index contributed by atoms with van der Waals surface area (Å²) in [6.45, 7) is 1.72. The van der Waals surface area contributed by atoms with Crippen LogP contribution in [-0.4, -0.2) is 134 Å². The first-order chi connectivity index (χ1) is 26.3. The van der Waals surface area contributed by atoms with E-state index in [1.54, 1.807) is 0 Å². The number of aliphatic hydroxyl groups is 2. The lowest BCUT2D eigenvalue weighted by molar-refractivity contribution is -0.137. The Balaban J connectivity index is 1.48. The molecular formula is C27H42N7O19P3S. The summed E-state index contributed by atoms with van der Waals surface area (Å²) in [5.41, 5.74) is 4.56. The van der Waals surface area contributed by atoms with Crippen LogP contribution >= 0.6 is 35.2 Å². The summed E-state index contributed by atoms with van der Waals surface area (Å²) >= 11 is 0.892. The van der Waals surface area contributed by atoms with E-state index in [2.05, 4.69) is 34.4 Å². The second-order valence-electron chi connectivity index (χ2n) is 12.8. The molecule has 1 saturated heterocycles. The predicted octanol–water partition coefficient (Wildman–Crippen LogP) is -0.914. The number of nitrogens with one attached hydrogen (secondary N) is 2. The lowest BCUT2D eigenvalue weighted by Crippen LogP contribution is -2.46. The number of rotatable bonds is 22. The highest BCUT2D eigenvalue weighted by molar-refractivity contribution is 8.13. The number of carboxylic acid groups (broad SMARTS) is 1. The molecule has 26 nitrogen and oxygen atoms in total. The molecule has 7 atom stereocenters. The number of anilines is 1. The second kappa shape index (κ2) is 20.2. The van der Waals surface area contributed by atoms with Gasteiger partial charge in [-0.15, -0.1) is 0 Å². The van der Waals surface area contributed by atoms with Crippen LogP contribution in [0.25, 0.3) is 11.2 Å². The quantitative estimate of drug-likeness (QED) is 0.0388. The van der Waals surface area contributed by atoms with E-state index in [0.29, 0.717) is 5.57 Å². The van der Waals surface area contributed by atoms with Crippen LogP contribution in [0.5, 0.6) is 0 Å². The fourth-order valence-corrected chi connectivity index (χ4v) is 8.43. The number of thioether (sulfide) groups is 1. The Labute approximate surface area is 327 Å². The third-order valence-corrected chi connectivity index (χ3v) is 11.5. The Bertz CT molecular complexity index is 1960. The third kappa shape index (κ3) is 15.1. The number of ether oxygens (including phenoxy) is 1. The van der Waals surface area contributed by atoms with Crippen molar-refractivity contribution in [3.05, 3.63) is 24.3 Å². The largest absolute Gasteiger partial charge is 0.481 e. The molecule has 3 heterocycles. The topological polar surface area (TPSA) is 401 Å². The van der Waals surface area contributed by atoms with E-state index in [4.69, 9.17) is 24.6 Å². The highest BCUT2D eigenvalue weighted by Crippen LogP contribution is 2.61. The van der Waals surface area contributed by atoms with Gasteiger partial charge in [0.15, 0.2) is 22.8 Å². The van der Waals surface area contributed by atoms with E-state index < -0.39 is 90.5 Å². The average Bonchev–Trinajstić information content (AvgIpc) is 3.64. The molecule has 0 radical (unpaired) electrons. The van der Waals surface area contributed by atoms with Crippen LogP contribution < -0.4 is 16.4 Å². The van der Waals surface area contributed by atoms with Crippen molar-refractivity contribution < 1.29 is 90.4 Å². The normalized spacial score (nSPS) is 21.7. The van der Waals surface area contributed by atoms with Crippen LogP contribution in [0, 0.1) is 5.41 Å². The van der Waals surface area contributed by atoms with Crippen molar-refractivity contribution in [2.75, 3.05) is 37.8 Å². The van der Waals surface area contributed by atoms with Gasteiger partial charge in [0.25, 0.3) is 0 Å². The number of nitrogen functional groups attached to an aromatic ring is 1. The fourth-order valence-electron chi connectivity index (χ4n) is 4.84. The van der Waals surface area contributed by atoms with Gasteiger partial charge in [-0.2, -0.15) is 4.31 Å². The van der Waals surface area contributed by atoms with Crippen molar-refractivity contribution in [2.45, 2.75) is 64.3 Å². The number of hydrogen-bond acceptors (Lipinski definition) is 19. The molecule has 2 aromatic rings. The number of hydrogen-bond donors (Lipinski definition) is 10. The molecule has 1 aliphatic heterocycles. The zero-order chi connectivity index (χ0) is 42.9. The van der Waals surface area contributed by atoms with Gasteiger partial charge in [0.05, 0.1) is 19.5 Å². The van der Waals surface area contributed by atoms with Crippen molar-refractivity contribution in [1.29, 1.82) is 0 Å². The molecule has 0 saturated carbocycles. The van der Waals surface area contributed by atoms with Crippen molar-refractivity contribution in [3.63, 3.8) is 0 Å². The zero-order valence-corrected chi connectivity index (χ0v) is 33.7. The first-order valence-electron chi connectivity index (χ1n) is 16.3. The molecule has 3 unspecified atom stereocenters. The molecule has 0 bridgehead atoms. The lowest BCUT2D eigenvalue weighted by atomic mass is 9.87. The molecule has 320 valence electrons. The maximum absolute atomic E-state index is 12.7. The molecule has 1 aliphatic rings. The third-order valence-electron chi connectivity index (χ3n) is 7.56. The average molecular weight is 894 g/mol. The van der Waals surface area contributed by atoms with Crippen LogP contribution in [0.3, 0.4) is 0 Å². The molecule has 30 heteroatoms. The fraction of sp³-hybridized carbons (Fsp3) is 0.593. The summed E-state index contributed by atoms with van der Waals surface area (Å²) in [6, 6.07) is 0. The van der Waals surface area contributed by atoms with Crippen molar-refractivity contribution in [1.82, 2.24) is 30.2 Å². The SMILES string of the molecule is C/C(=C\C(=O)O)CC(=O)SCCNC(=O)CCNC(=O)C(O)C(C)(C)COP(=O)(O)OP(=O)(O)OC[C@H]1O[C@@H](n2cnc3c(N)ncnc32)[C@H](O)[C@@H]1OP(=O)(O)O. The number of phosphoric ester groups is 3. The number of carbonyl (C=O) groups is 4. The van der Waals surface area contributed by atoms with Gasteiger partial charge in [0.1, 0.15) is 36.3 Å². The molecule has 2 amide bonds. The van der Waals surface area contributed by atoms with Gasteiger partial charge in [-0.3, -0.25) is 32.5 Å². The number of aromatic nitrogens is 4. The highest BCUT2D eigenvalue weighted by atomic mass is 32.2. The van der Waals surface area contributed by atoms with E-state index in [-0.39, 0.29) is 53.8 Å². The molecular weight excluding hydrogens is 851 g/mol. The van der Waals surface area contributed by atoms with Gasteiger partial charge in [0, 0.05) is 43.2 Å². The van der Waals surface area contributed by atoms with Crippen molar-refractivity contribution in [2.24, 2.45) is 5.41 Å². The standard InChI is InChI=1S/C27H42N7O19P3S/c1-14(8-17(36)37)9-18(38)57-7-6-29-16(35)4-5-30-25(41)22(40)27(2,3)11-50-56(47,48)53-55(45,46)49-10-15-21(52-54(42,43)44)20(39)26(51-15)34-13-33-19-23(28)31-12-32-24(19)34/h8,12-13,15,20-22,26,39-40H,4-7,9-11H2,1-3H3,(H,29,35)(H,30,41)(H,36,37)(H,45,46)(H,47,48)(H2,28,31,32)(H2,42,43,44)/b14-8+/t15-,20-,21-,22?,26-/m1/s1. The molecule has 3 rings (SSSR count). The highest BCUT2D eigenvalue weighted by Gasteiger charge is 2.50. The number of carboxylic acids is 1. The number of imidazole rings is 1. The Morgan fingerprint density at radius 1 is 1.07 bits per heavy atom. The zero-order valence-electron chi connectivity index (χ0n) is 30.2. The number of phosphoric acid groups is 3. The van der Waals surface area contributed by atoms with Crippen molar-refractivity contribution in [3.8, 4) is 0 Å². The Morgan fingerprint density at radius 3 is 2.39 bits per heavy atom. The van der Waals surface area contributed by atoms with Gasteiger partial charge >= 0.3 is 29.4 Å². The minimum atomic E-state index is -5.59. The van der Waals surface area contributed by atoms with Crippen LogP contribution in [-0.2, 0) is 55.5 Å². The summed E-state index contributed by atoms with van der Waals surface area (Å²) in [5.74, 6) is -2.55. The maximum atomic E-state index is 12.7. The molecule has 2 aromatic heterocycles. The minimum absolute atomic E-state index is 0.0194. The number of allylic oxidation sites excluding steroid dienone is 1. The number of nitrogens with two attached hydrogens (primary N) is 1. The molecule has 1 fully saturated rings. The number of nitrogens with zero attached hydrogens (tertiary/aromatic N) is 4. The van der Waals surface area contributed by atoms with Crippen molar-refractivity contribution >= 4 is 75.1 Å². The summed E-state index contributed by atoms with van der Waals surface area (Å²) in [5, 5.41) is 34.6. The number of amides is 2. The smallest absolute Gasteiger partial charge is 0.478 e. The van der Waals surface area contributed by atoms with Crippen LogP contribution in [0.2, 0.25) is 0 Å². The minimum Gasteiger partial charge on any atom is -0.478 e. The first-order valence-corrected chi connectivity index (χ1v) is 21.8. The van der Waals surface area contributed by atoms with Crippen LogP contribution in [0.1, 0.15) is 39.8 Å². The van der Waals surface area contributed by atoms with E-state index in [9.17, 15) is 62.7 Å². The number of carbonyl (C=O) groups excluding carboxylic acids is 3. The monoisotopic (exact) mass is 893 g/mol. The summed E-state index contributed by atoms with van der Waals surface area (Å²) in [4.78, 5) is 98.0. The number of fused-ring (bicyclic) bond motifs is 1. The summed E-state index contributed by atoms with van der Waals surface area (Å²) < 4.78 is 62.0. The second-order valence-corrected chi connectivity index (χ2v) is 18.2. The van der Waals surface area contributed by atoms with Gasteiger partial charge < -0.3 is 56.0 Å². The van der Waals surface area contributed by atoms with Gasteiger partial charge in [-0.1, -0.05) is 31.2 Å². The van der Waals surface area contributed by atoms with Crippen LogP contribution in [0.15, 0.2) is 24.3 Å². The van der Waals surface area contributed by atoms with E-state index in [1.807, 2.05) is 0 Å². The number of aliphatic hydroxyl groups excluding tert-OH is 2. The molecule has 11 N–H and O–H groups in total. The van der Waals surface area contributed by atoms with Gasteiger partial charge in [-0.05, 0) is 6.92 Å². The van der Waals surface area contributed by atoms with Crippen LogP contribution in [0.4, 0.5) is 5.82 Å². The molecule has 0 aromatic carbocycles.